The number of aromatic nitrogens is 1. The van der Waals surface area contributed by atoms with Crippen LogP contribution in [0.25, 0.3) is 0 Å². The number of hydrogen-bond donors (Lipinski definition) is 0. The van der Waals surface area contributed by atoms with Crippen molar-refractivity contribution in [2.45, 2.75) is 20.0 Å². The Morgan fingerprint density at radius 3 is 2.26 bits per heavy atom. The van der Waals surface area contributed by atoms with Crippen molar-refractivity contribution in [3.05, 3.63) is 60.8 Å². The third-order valence-electron chi connectivity index (χ3n) is 2.77. The van der Waals surface area contributed by atoms with Crippen molar-refractivity contribution in [1.82, 2.24) is 4.98 Å². The van der Waals surface area contributed by atoms with Crippen molar-refractivity contribution in [3.8, 4) is 27.5 Å². The van der Waals surface area contributed by atoms with Gasteiger partial charge in [0.25, 0.3) is 5.19 Å². The molecule has 0 fully saturated rings. The Bertz CT molecular complexity index is 738. The van der Waals surface area contributed by atoms with Gasteiger partial charge in [0.05, 0.1) is 12.3 Å². The summed E-state index contributed by atoms with van der Waals surface area (Å²) in [7, 11) is 0. The molecule has 0 atom stereocenters. The first-order valence-corrected chi connectivity index (χ1v) is 8.05. The SMILES string of the molecule is CC(C)Oc1ccc(Oc2ncc(Oc3cc[c]cc3)s2)cc1. The van der Waals surface area contributed by atoms with Crippen LogP contribution in [0.2, 0.25) is 0 Å². The first-order chi connectivity index (χ1) is 11.2. The highest BCUT2D eigenvalue weighted by atomic mass is 32.1. The van der Waals surface area contributed by atoms with Gasteiger partial charge in [-0.15, -0.1) is 0 Å². The number of thiazole rings is 1. The largest absolute Gasteiger partial charge is 0.491 e. The molecule has 0 amide bonds. The lowest BCUT2D eigenvalue weighted by molar-refractivity contribution is 0.242. The lowest BCUT2D eigenvalue weighted by Gasteiger charge is -2.09. The second-order valence-corrected chi connectivity index (χ2v) is 5.98. The van der Waals surface area contributed by atoms with Crippen molar-refractivity contribution >= 4 is 11.3 Å². The monoisotopic (exact) mass is 326 g/mol. The number of ether oxygens (including phenoxy) is 3. The normalized spacial score (nSPS) is 10.6. The summed E-state index contributed by atoms with van der Waals surface area (Å²) in [6, 6.07) is 17.7. The summed E-state index contributed by atoms with van der Waals surface area (Å²) in [5.41, 5.74) is 0. The second kappa shape index (κ2) is 7.15. The highest BCUT2D eigenvalue weighted by molar-refractivity contribution is 7.15. The molecule has 0 saturated carbocycles. The van der Waals surface area contributed by atoms with Crippen molar-refractivity contribution in [3.63, 3.8) is 0 Å². The molecule has 0 saturated heterocycles. The fraction of sp³-hybridized carbons (Fsp3) is 0.167. The minimum atomic E-state index is 0.149. The van der Waals surface area contributed by atoms with E-state index in [1.54, 1.807) is 18.3 Å². The van der Waals surface area contributed by atoms with E-state index in [-0.39, 0.29) is 6.10 Å². The topological polar surface area (TPSA) is 40.6 Å². The molecule has 0 unspecified atom stereocenters. The fourth-order valence-electron chi connectivity index (χ4n) is 1.85. The predicted octanol–water partition coefficient (Wildman–Crippen LogP) is 5.32. The van der Waals surface area contributed by atoms with Gasteiger partial charge in [-0.3, -0.25) is 0 Å². The van der Waals surface area contributed by atoms with E-state index in [4.69, 9.17) is 14.2 Å². The van der Waals surface area contributed by atoms with Crippen molar-refractivity contribution in [2.75, 3.05) is 0 Å². The maximum Gasteiger partial charge on any atom is 0.282 e. The predicted molar refractivity (Wildman–Crippen MR) is 89.7 cm³/mol. The van der Waals surface area contributed by atoms with Gasteiger partial charge >= 0.3 is 0 Å². The molecule has 0 N–H and O–H groups in total. The van der Waals surface area contributed by atoms with Gasteiger partial charge in [-0.1, -0.05) is 12.1 Å². The van der Waals surface area contributed by atoms with E-state index in [2.05, 4.69) is 11.1 Å². The minimum absolute atomic E-state index is 0.149. The Hall–Kier alpha value is -2.53. The smallest absolute Gasteiger partial charge is 0.282 e. The van der Waals surface area contributed by atoms with Crippen LogP contribution in [-0.2, 0) is 0 Å². The molecule has 3 aromatic rings. The molecular weight excluding hydrogens is 310 g/mol. The van der Waals surface area contributed by atoms with Crippen molar-refractivity contribution in [2.24, 2.45) is 0 Å². The van der Waals surface area contributed by atoms with Crippen molar-refractivity contribution in [1.29, 1.82) is 0 Å². The number of hydrogen-bond acceptors (Lipinski definition) is 5. The molecule has 23 heavy (non-hydrogen) atoms. The maximum absolute atomic E-state index is 5.72. The molecule has 2 aromatic carbocycles. The fourth-order valence-corrected chi connectivity index (χ4v) is 2.51. The van der Waals surface area contributed by atoms with E-state index < -0.39 is 0 Å². The van der Waals surface area contributed by atoms with E-state index in [0.717, 1.165) is 11.5 Å². The summed E-state index contributed by atoms with van der Waals surface area (Å²) >= 11 is 1.34. The lowest BCUT2D eigenvalue weighted by atomic mass is 10.3. The van der Waals surface area contributed by atoms with Gasteiger partial charge in [-0.2, -0.15) is 0 Å². The van der Waals surface area contributed by atoms with Crippen LogP contribution in [0.3, 0.4) is 0 Å². The first-order valence-electron chi connectivity index (χ1n) is 7.23. The van der Waals surface area contributed by atoms with Crippen LogP contribution in [0, 0.1) is 6.07 Å². The molecule has 1 radical (unpaired) electrons. The van der Waals surface area contributed by atoms with E-state index in [9.17, 15) is 0 Å². The van der Waals surface area contributed by atoms with Crippen LogP contribution < -0.4 is 14.2 Å². The molecule has 0 aliphatic heterocycles. The highest BCUT2D eigenvalue weighted by Gasteiger charge is 2.07. The highest BCUT2D eigenvalue weighted by Crippen LogP contribution is 2.34. The molecule has 1 aromatic heterocycles. The standard InChI is InChI=1S/C18H16NO3S/c1-13(2)20-15-8-10-16(11-9-15)22-18-19-12-17(23-18)21-14-6-4-3-5-7-14/h4-13H,1-2H3. The minimum Gasteiger partial charge on any atom is -0.491 e. The molecule has 0 bridgehead atoms. The zero-order valence-corrected chi connectivity index (χ0v) is 13.7. The van der Waals surface area contributed by atoms with Crippen LogP contribution in [0.15, 0.2) is 54.7 Å². The van der Waals surface area contributed by atoms with Gasteiger partial charge in [0.1, 0.15) is 17.2 Å². The summed E-state index contributed by atoms with van der Waals surface area (Å²) in [5, 5.41) is 1.20. The van der Waals surface area contributed by atoms with Gasteiger partial charge < -0.3 is 14.2 Å². The third kappa shape index (κ3) is 4.47. The van der Waals surface area contributed by atoms with E-state index >= 15 is 0 Å². The molecule has 5 heteroatoms. The maximum atomic E-state index is 5.72. The van der Waals surface area contributed by atoms with Gasteiger partial charge in [0.15, 0.2) is 0 Å². The Labute approximate surface area is 139 Å². The number of nitrogens with zero attached hydrogens (tertiary/aromatic N) is 1. The summed E-state index contributed by atoms with van der Waals surface area (Å²) in [6.07, 6.45) is 1.79. The summed E-state index contributed by atoms with van der Waals surface area (Å²) in [5.74, 6) is 2.27. The van der Waals surface area contributed by atoms with E-state index in [1.165, 1.54) is 11.3 Å². The average molecular weight is 326 g/mol. The van der Waals surface area contributed by atoms with E-state index in [0.29, 0.717) is 16.0 Å². The van der Waals surface area contributed by atoms with Crippen LogP contribution in [0.4, 0.5) is 0 Å². The second-order valence-electron chi connectivity index (χ2n) is 5.02. The Balaban J connectivity index is 1.62. The molecule has 4 nitrogen and oxygen atoms in total. The third-order valence-corrected chi connectivity index (χ3v) is 3.52. The van der Waals surface area contributed by atoms with Gasteiger partial charge in [-0.25, -0.2) is 4.98 Å². The summed E-state index contributed by atoms with van der Waals surface area (Å²) < 4.78 is 17.0. The Morgan fingerprint density at radius 1 is 0.913 bits per heavy atom. The first kappa shape index (κ1) is 15.4. The van der Waals surface area contributed by atoms with Gasteiger partial charge in [-0.05, 0) is 67.6 Å². The number of rotatable bonds is 6. The zero-order valence-electron chi connectivity index (χ0n) is 12.9. The lowest BCUT2D eigenvalue weighted by Crippen LogP contribution is -2.05. The van der Waals surface area contributed by atoms with E-state index in [1.807, 2.05) is 50.2 Å². The molecular formula is C18H16NO3S. The zero-order chi connectivity index (χ0) is 16.1. The average Bonchev–Trinajstić information content (AvgIpc) is 2.97. The molecule has 117 valence electrons. The number of benzene rings is 2. The van der Waals surface area contributed by atoms with Crippen LogP contribution >= 0.6 is 11.3 Å². The molecule has 1 heterocycles. The quantitative estimate of drug-likeness (QED) is 0.615. The summed E-state index contributed by atoms with van der Waals surface area (Å²) in [6.45, 7) is 3.98. The van der Waals surface area contributed by atoms with Crippen molar-refractivity contribution < 1.29 is 14.2 Å². The summed E-state index contributed by atoms with van der Waals surface area (Å²) in [4.78, 5) is 4.21. The molecule has 3 rings (SSSR count). The molecule has 0 spiro atoms. The van der Waals surface area contributed by atoms with Gasteiger partial charge in [0, 0.05) is 0 Å². The van der Waals surface area contributed by atoms with Crippen LogP contribution in [0.5, 0.6) is 27.5 Å². The molecule has 0 aliphatic rings. The molecule has 0 aliphatic carbocycles. The van der Waals surface area contributed by atoms with Crippen LogP contribution in [-0.4, -0.2) is 11.1 Å². The van der Waals surface area contributed by atoms with Crippen LogP contribution in [0.1, 0.15) is 13.8 Å². The Kier molecular flexibility index (Phi) is 4.78. The van der Waals surface area contributed by atoms with Gasteiger partial charge in [0.2, 0.25) is 5.06 Å². The Morgan fingerprint density at radius 2 is 1.57 bits per heavy atom.